The first-order valence-electron chi connectivity index (χ1n) is 7.21. The van der Waals surface area contributed by atoms with Gasteiger partial charge in [-0.1, -0.05) is 6.07 Å². The highest BCUT2D eigenvalue weighted by Crippen LogP contribution is 2.21. The maximum atomic E-state index is 13.8. The van der Waals surface area contributed by atoms with Gasteiger partial charge in [-0.15, -0.1) is 0 Å². The van der Waals surface area contributed by atoms with E-state index in [0.717, 1.165) is 25.9 Å². The van der Waals surface area contributed by atoms with Gasteiger partial charge in [0.1, 0.15) is 5.82 Å². The Balaban J connectivity index is 1.89. The lowest BCUT2D eigenvalue weighted by atomic mass is 9.96. The average Bonchev–Trinajstić information content (AvgIpc) is 2.50. The molecule has 0 bridgehead atoms. The normalized spacial score (nSPS) is 16.4. The maximum absolute atomic E-state index is 13.8. The highest BCUT2D eigenvalue weighted by molar-refractivity contribution is 5.72. The standard InChI is InChI=1S/C16H19FN2O2/c1-2-21-16(20)13-5-7-19(8-6-13)11-14-4-3-12(10-18)9-15(14)17/h3-4,9,13H,2,5-8,11H2,1H3. The summed E-state index contributed by atoms with van der Waals surface area (Å²) in [5.74, 6) is -0.504. The van der Waals surface area contributed by atoms with Gasteiger partial charge in [-0.05, 0) is 45.0 Å². The van der Waals surface area contributed by atoms with E-state index in [1.165, 1.54) is 6.07 Å². The Labute approximate surface area is 124 Å². The zero-order chi connectivity index (χ0) is 15.2. The van der Waals surface area contributed by atoms with Gasteiger partial charge in [0, 0.05) is 12.1 Å². The zero-order valence-corrected chi connectivity index (χ0v) is 12.1. The van der Waals surface area contributed by atoms with Crippen LogP contribution in [0.1, 0.15) is 30.9 Å². The molecule has 21 heavy (non-hydrogen) atoms. The fourth-order valence-electron chi connectivity index (χ4n) is 2.57. The molecule has 5 heteroatoms. The molecule has 1 aliphatic heterocycles. The molecule has 1 aromatic carbocycles. The van der Waals surface area contributed by atoms with Gasteiger partial charge in [0.2, 0.25) is 0 Å². The smallest absolute Gasteiger partial charge is 0.309 e. The minimum absolute atomic E-state index is 0.0352. The van der Waals surface area contributed by atoms with E-state index in [1.807, 2.05) is 6.07 Å². The van der Waals surface area contributed by atoms with Gasteiger partial charge in [-0.25, -0.2) is 4.39 Å². The second-order valence-corrected chi connectivity index (χ2v) is 5.22. The number of esters is 1. The van der Waals surface area contributed by atoms with E-state index in [0.29, 0.717) is 24.3 Å². The number of likely N-dealkylation sites (tertiary alicyclic amines) is 1. The average molecular weight is 290 g/mol. The molecule has 1 saturated heterocycles. The summed E-state index contributed by atoms with van der Waals surface area (Å²) in [6, 6.07) is 6.48. The number of ether oxygens (including phenoxy) is 1. The number of benzene rings is 1. The lowest BCUT2D eigenvalue weighted by Gasteiger charge is -2.30. The van der Waals surface area contributed by atoms with Crippen LogP contribution in [0.2, 0.25) is 0 Å². The molecule has 0 amide bonds. The van der Waals surface area contributed by atoms with Crippen molar-refractivity contribution < 1.29 is 13.9 Å². The van der Waals surface area contributed by atoms with Crippen LogP contribution < -0.4 is 0 Å². The van der Waals surface area contributed by atoms with Gasteiger partial charge in [0.25, 0.3) is 0 Å². The first-order chi connectivity index (χ1) is 10.1. The van der Waals surface area contributed by atoms with E-state index < -0.39 is 0 Å². The van der Waals surface area contributed by atoms with Crippen molar-refractivity contribution in [2.45, 2.75) is 26.3 Å². The second kappa shape index (κ2) is 7.19. The Morgan fingerprint density at radius 2 is 2.19 bits per heavy atom. The largest absolute Gasteiger partial charge is 0.466 e. The molecule has 0 saturated carbocycles. The summed E-state index contributed by atoms with van der Waals surface area (Å²) >= 11 is 0. The number of nitrogens with zero attached hydrogens (tertiary/aromatic N) is 2. The summed E-state index contributed by atoms with van der Waals surface area (Å²) in [5, 5.41) is 8.73. The Bertz CT molecular complexity index is 546. The molecule has 1 fully saturated rings. The van der Waals surface area contributed by atoms with Crippen molar-refractivity contribution in [1.29, 1.82) is 5.26 Å². The third-order valence-electron chi connectivity index (χ3n) is 3.78. The number of carbonyl (C=O) groups excluding carboxylic acids is 1. The van der Waals surface area contributed by atoms with E-state index in [2.05, 4.69) is 4.90 Å². The first-order valence-corrected chi connectivity index (χ1v) is 7.21. The summed E-state index contributed by atoms with van der Waals surface area (Å²) in [6.45, 7) is 4.23. The van der Waals surface area contributed by atoms with Crippen LogP contribution in [0.15, 0.2) is 18.2 Å². The molecule has 0 radical (unpaired) electrons. The molecular weight excluding hydrogens is 271 g/mol. The van der Waals surface area contributed by atoms with Gasteiger partial charge in [0.15, 0.2) is 0 Å². The SMILES string of the molecule is CCOC(=O)C1CCN(Cc2ccc(C#N)cc2F)CC1. The number of carbonyl (C=O) groups is 1. The van der Waals surface area contributed by atoms with E-state index in [9.17, 15) is 9.18 Å². The van der Waals surface area contributed by atoms with Crippen molar-refractivity contribution in [1.82, 2.24) is 4.90 Å². The van der Waals surface area contributed by atoms with Crippen molar-refractivity contribution >= 4 is 5.97 Å². The van der Waals surface area contributed by atoms with Gasteiger partial charge in [0.05, 0.1) is 24.2 Å². The van der Waals surface area contributed by atoms with Crippen LogP contribution in [-0.2, 0) is 16.1 Å². The van der Waals surface area contributed by atoms with Crippen molar-refractivity contribution in [2.75, 3.05) is 19.7 Å². The monoisotopic (exact) mass is 290 g/mol. The van der Waals surface area contributed by atoms with Crippen molar-refractivity contribution in [3.05, 3.63) is 35.1 Å². The number of nitriles is 1. The molecule has 112 valence electrons. The van der Waals surface area contributed by atoms with E-state index in [1.54, 1.807) is 19.1 Å². The third-order valence-corrected chi connectivity index (χ3v) is 3.78. The quantitative estimate of drug-likeness (QED) is 0.799. The topological polar surface area (TPSA) is 53.3 Å². The molecule has 0 unspecified atom stereocenters. The highest BCUT2D eigenvalue weighted by Gasteiger charge is 2.26. The van der Waals surface area contributed by atoms with Gasteiger partial charge >= 0.3 is 5.97 Å². The van der Waals surface area contributed by atoms with Crippen LogP contribution in [0.5, 0.6) is 0 Å². The molecule has 0 aliphatic carbocycles. The van der Waals surface area contributed by atoms with E-state index in [-0.39, 0.29) is 17.7 Å². The van der Waals surface area contributed by atoms with Crippen LogP contribution >= 0.6 is 0 Å². The zero-order valence-electron chi connectivity index (χ0n) is 12.1. The van der Waals surface area contributed by atoms with Gasteiger partial charge in [-0.2, -0.15) is 5.26 Å². The van der Waals surface area contributed by atoms with Gasteiger partial charge in [-0.3, -0.25) is 9.69 Å². The number of halogens is 1. The molecule has 1 aliphatic rings. The number of piperidine rings is 1. The van der Waals surface area contributed by atoms with Crippen LogP contribution in [0.3, 0.4) is 0 Å². The summed E-state index contributed by atoms with van der Waals surface area (Å²) in [6.07, 6.45) is 1.49. The Kier molecular flexibility index (Phi) is 5.29. The fourth-order valence-corrected chi connectivity index (χ4v) is 2.57. The molecule has 4 nitrogen and oxygen atoms in total. The van der Waals surface area contributed by atoms with Crippen LogP contribution in [-0.4, -0.2) is 30.6 Å². The lowest BCUT2D eigenvalue weighted by Crippen LogP contribution is -2.36. The molecule has 1 heterocycles. The minimum Gasteiger partial charge on any atom is -0.466 e. The molecule has 1 aromatic rings. The predicted molar refractivity (Wildman–Crippen MR) is 75.7 cm³/mol. The maximum Gasteiger partial charge on any atom is 0.309 e. The van der Waals surface area contributed by atoms with E-state index >= 15 is 0 Å². The second-order valence-electron chi connectivity index (χ2n) is 5.22. The minimum atomic E-state index is -0.346. The van der Waals surface area contributed by atoms with Gasteiger partial charge < -0.3 is 4.74 Å². The Hall–Kier alpha value is -1.93. The predicted octanol–water partition coefficient (Wildman–Crippen LogP) is 2.47. The van der Waals surface area contributed by atoms with Crippen molar-refractivity contribution in [3.63, 3.8) is 0 Å². The summed E-state index contributed by atoms with van der Waals surface area (Å²) < 4.78 is 18.9. The number of rotatable bonds is 4. The van der Waals surface area contributed by atoms with Crippen LogP contribution in [0.25, 0.3) is 0 Å². The van der Waals surface area contributed by atoms with Crippen molar-refractivity contribution in [3.8, 4) is 6.07 Å². The summed E-state index contributed by atoms with van der Waals surface area (Å²) in [4.78, 5) is 13.8. The molecular formula is C16H19FN2O2. The molecule has 0 atom stereocenters. The third kappa shape index (κ3) is 4.02. The summed E-state index contributed by atoms with van der Waals surface area (Å²) in [7, 11) is 0. The van der Waals surface area contributed by atoms with Crippen LogP contribution in [0, 0.1) is 23.1 Å². The molecule has 0 N–H and O–H groups in total. The Morgan fingerprint density at radius 3 is 2.76 bits per heavy atom. The molecule has 0 aromatic heterocycles. The molecule has 0 spiro atoms. The molecule has 2 rings (SSSR count). The highest BCUT2D eigenvalue weighted by atomic mass is 19.1. The number of hydrogen-bond acceptors (Lipinski definition) is 4. The summed E-state index contributed by atoms with van der Waals surface area (Å²) in [5.41, 5.74) is 0.917. The fraction of sp³-hybridized carbons (Fsp3) is 0.500. The number of hydrogen-bond donors (Lipinski definition) is 0. The first kappa shape index (κ1) is 15.5. The van der Waals surface area contributed by atoms with Crippen molar-refractivity contribution in [2.24, 2.45) is 5.92 Å². The lowest BCUT2D eigenvalue weighted by molar-refractivity contribution is -0.149. The van der Waals surface area contributed by atoms with Crippen LogP contribution in [0.4, 0.5) is 4.39 Å². The Morgan fingerprint density at radius 1 is 1.48 bits per heavy atom. The van der Waals surface area contributed by atoms with E-state index in [4.69, 9.17) is 10.00 Å².